The molecule has 1 N–H and O–H groups in total. The lowest BCUT2D eigenvalue weighted by Gasteiger charge is -2.16. The van der Waals surface area contributed by atoms with E-state index in [4.69, 9.17) is 11.6 Å². The standard InChI is InChI=1S/C18H21ClN4O/c19-14-7-5-13(6-8-14)18(9-10-18)17(24)20-12-16-22-21-15-4-2-1-3-11-23(15)16/h5-8H,1-4,9-12H2,(H,20,24). The molecule has 1 saturated carbocycles. The molecular formula is C18H21ClN4O. The highest BCUT2D eigenvalue weighted by molar-refractivity contribution is 6.30. The molecule has 5 nitrogen and oxygen atoms in total. The number of nitrogens with zero attached hydrogens (tertiary/aromatic N) is 3. The van der Waals surface area contributed by atoms with E-state index in [0.29, 0.717) is 11.6 Å². The molecule has 1 fully saturated rings. The van der Waals surface area contributed by atoms with Crippen LogP contribution >= 0.6 is 11.6 Å². The van der Waals surface area contributed by atoms with Crippen LogP contribution in [0.5, 0.6) is 0 Å². The number of rotatable bonds is 4. The Bertz CT molecular complexity index is 749. The maximum Gasteiger partial charge on any atom is 0.231 e. The Labute approximate surface area is 146 Å². The number of fused-ring (bicyclic) bond motifs is 1. The van der Waals surface area contributed by atoms with E-state index in [-0.39, 0.29) is 11.3 Å². The van der Waals surface area contributed by atoms with Crippen LogP contribution in [0.4, 0.5) is 0 Å². The monoisotopic (exact) mass is 344 g/mol. The average molecular weight is 345 g/mol. The van der Waals surface area contributed by atoms with E-state index in [1.165, 1.54) is 12.8 Å². The van der Waals surface area contributed by atoms with Gasteiger partial charge in [-0.15, -0.1) is 10.2 Å². The SMILES string of the molecule is O=C(NCc1nnc2n1CCCCC2)C1(c2ccc(Cl)cc2)CC1. The number of benzene rings is 1. The second kappa shape index (κ2) is 6.20. The van der Waals surface area contributed by atoms with Crippen molar-refractivity contribution in [3.05, 3.63) is 46.5 Å². The molecular weight excluding hydrogens is 324 g/mol. The van der Waals surface area contributed by atoms with Crippen molar-refractivity contribution >= 4 is 17.5 Å². The first-order chi connectivity index (χ1) is 11.7. The largest absolute Gasteiger partial charge is 0.348 e. The molecule has 126 valence electrons. The molecule has 0 radical (unpaired) electrons. The summed E-state index contributed by atoms with van der Waals surface area (Å²) in [6.07, 6.45) is 6.31. The second-order valence-corrected chi connectivity index (χ2v) is 7.20. The lowest BCUT2D eigenvalue weighted by atomic mass is 9.95. The molecule has 1 aromatic heterocycles. The van der Waals surface area contributed by atoms with Gasteiger partial charge >= 0.3 is 0 Å². The first-order valence-corrected chi connectivity index (χ1v) is 9.02. The second-order valence-electron chi connectivity index (χ2n) is 6.77. The zero-order valence-corrected chi connectivity index (χ0v) is 14.4. The fourth-order valence-electron chi connectivity index (χ4n) is 3.55. The van der Waals surface area contributed by atoms with E-state index in [0.717, 1.165) is 49.4 Å². The number of halogens is 1. The third-order valence-electron chi connectivity index (χ3n) is 5.17. The van der Waals surface area contributed by atoms with Gasteiger partial charge in [0.05, 0.1) is 12.0 Å². The van der Waals surface area contributed by atoms with Gasteiger partial charge in [0.25, 0.3) is 0 Å². The van der Waals surface area contributed by atoms with Crippen LogP contribution in [0, 0.1) is 0 Å². The van der Waals surface area contributed by atoms with Crippen molar-refractivity contribution in [2.24, 2.45) is 0 Å². The average Bonchev–Trinajstić information content (AvgIpc) is 3.36. The minimum atomic E-state index is -0.383. The lowest BCUT2D eigenvalue weighted by molar-refractivity contribution is -0.123. The molecule has 2 heterocycles. The summed E-state index contributed by atoms with van der Waals surface area (Å²) in [4.78, 5) is 12.7. The van der Waals surface area contributed by atoms with Crippen LogP contribution in [-0.2, 0) is 29.7 Å². The summed E-state index contributed by atoms with van der Waals surface area (Å²) >= 11 is 5.95. The van der Waals surface area contributed by atoms with Gasteiger partial charge in [0, 0.05) is 18.0 Å². The molecule has 2 aromatic rings. The van der Waals surface area contributed by atoms with Crippen molar-refractivity contribution in [3.63, 3.8) is 0 Å². The van der Waals surface area contributed by atoms with Crippen LogP contribution in [0.1, 0.15) is 49.3 Å². The number of hydrogen-bond acceptors (Lipinski definition) is 3. The molecule has 1 aliphatic heterocycles. The number of carbonyl (C=O) groups is 1. The Hall–Kier alpha value is -1.88. The summed E-state index contributed by atoms with van der Waals surface area (Å²) in [5, 5.41) is 12.3. The van der Waals surface area contributed by atoms with E-state index in [2.05, 4.69) is 20.1 Å². The smallest absolute Gasteiger partial charge is 0.231 e. The van der Waals surface area contributed by atoms with E-state index >= 15 is 0 Å². The van der Waals surface area contributed by atoms with Crippen LogP contribution in [0.25, 0.3) is 0 Å². The summed E-state index contributed by atoms with van der Waals surface area (Å²) in [7, 11) is 0. The maximum atomic E-state index is 12.7. The molecule has 4 rings (SSSR count). The quantitative estimate of drug-likeness (QED) is 0.927. The van der Waals surface area contributed by atoms with Crippen LogP contribution in [0.2, 0.25) is 5.02 Å². The van der Waals surface area contributed by atoms with E-state index < -0.39 is 0 Å². The fourth-order valence-corrected chi connectivity index (χ4v) is 3.67. The molecule has 6 heteroatoms. The minimum absolute atomic E-state index is 0.0794. The Morgan fingerprint density at radius 2 is 1.96 bits per heavy atom. The highest BCUT2D eigenvalue weighted by atomic mass is 35.5. The van der Waals surface area contributed by atoms with E-state index in [9.17, 15) is 4.79 Å². The van der Waals surface area contributed by atoms with Gasteiger partial charge in [-0.3, -0.25) is 4.79 Å². The zero-order chi connectivity index (χ0) is 16.6. The lowest BCUT2D eigenvalue weighted by Crippen LogP contribution is -2.35. The summed E-state index contributed by atoms with van der Waals surface area (Å²) < 4.78 is 2.18. The van der Waals surface area contributed by atoms with Crippen LogP contribution < -0.4 is 5.32 Å². The topological polar surface area (TPSA) is 59.8 Å². The van der Waals surface area contributed by atoms with Gasteiger partial charge in [-0.05, 0) is 43.4 Å². The van der Waals surface area contributed by atoms with Gasteiger partial charge in [0.15, 0.2) is 5.82 Å². The van der Waals surface area contributed by atoms with Gasteiger partial charge in [-0.2, -0.15) is 0 Å². The van der Waals surface area contributed by atoms with Crippen molar-refractivity contribution in [2.75, 3.05) is 0 Å². The third-order valence-corrected chi connectivity index (χ3v) is 5.43. The van der Waals surface area contributed by atoms with Crippen molar-refractivity contribution in [1.82, 2.24) is 20.1 Å². The van der Waals surface area contributed by atoms with Crippen LogP contribution in [0.3, 0.4) is 0 Å². The summed E-state index contributed by atoms with van der Waals surface area (Å²) in [6.45, 7) is 1.40. The molecule has 0 spiro atoms. The summed E-state index contributed by atoms with van der Waals surface area (Å²) in [5.74, 6) is 2.00. The first-order valence-electron chi connectivity index (χ1n) is 8.64. The van der Waals surface area contributed by atoms with Gasteiger partial charge < -0.3 is 9.88 Å². The van der Waals surface area contributed by atoms with Crippen molar-refractivity contribution in [1.29, 1.82) is 0 Å². The van der Waals surface area contributed by atoms with Crippen molar-refractivity contribution < 1.29 is 4.79 Å². The molecule has 2 aliphatic rings. The molecule has 0 saturated heterocycles. The number of aromatic nitrogens is 3. The predicted octanol–water partition coefficient (Wildman–Crippen LogP) is 3.01. The van der Waals surface area contributed by atoms with Gasteiger partial charge in [-0.1, -0.05) is 30.2 Å². The Balaban J connectivity index is 1.46. The summed E-state index contributed by atoms with van der Waals surface area (Å²) in [5.41, 5.74) is 0.663. The first kappa shape index (κ1) is 15.6. The maximum absolute atomic E-state index is 12.7. The molecule has 1 amide bonds. The van der Waals surface area contributed by atoms with Gasteiger partial charge in [0.2, 0.25) is 5.91 Å². The van der Waals surface area contributed by atoms with E-state index in [1.54, 1.807) is 0 Å². The Morgan fingerprint density at radius 3 is 2.71 bits per heavy atom. The summed E-state index contributed by atoms with van der Waals surface area (Å²) in [6, 6.07) is 7.61. The third kappa shape index (κ3) is 2.81. The van der Waals surface area contributed by atoms with Crippen molar-refractivity contribution in [3.8, 4) is 0 Å². The highest BCUT2D eigenvalue weighted by Gasteiger charge is 2.51. The molecule has 0 unspecified atom stereocenters. The molecule has 0 atom stereocenters. The number of amides is 1. The molecule has 0 bridgehead atoms. The molecule has 24 heavy (non-hydrogen) atoms. The number of carbonyl (C=O) groups excluding carboxylic acids is 1. The van der Waals surface area contributed by atoms with Crippen molar-refractivity contribution in [2.45, 2.75) is 57.0 Å². The van der Waals surface area contributed by atoms with E-state index in [1.807, 2.05) is 24.3 Å². The van der Waals surface area contributed by atoms with Gasteiger partial charge in [0.1, 0.15) is 5.82 Å². The number of aryl methyl sites for hydroxylation is 1. The Kier molecular flexibility index (Phi) is 4.04. The number of nitrogens with one attached hydrogen (secondary N) is 1. The minimum Gasteiger partial charge on any atom is -0.348 e. The normalized spacial score (nSPS) is 18.5. The molecule has 1 aliphatic carbocycles. The fraction of sp³-hybridized carbons (Fsp3) is 0.500. The zero-order valence-electron chi connectivity index (χ0n) is 13.6. The number of hydrogen-bond donors (Lipinski definition) is 1. The van der Waals surface area contributed by atoms with Gasteiger partial charge in [-0.25, -0.2) is 0 Å². The molecule has 1 aromatic carbocycles. The predicted molar refractivity (Wildman–Crippen MR) is 91.8 cm³/mol. The highest BCUT2D eigenvalue weighted by Crippen LogP contribution is 2.48. The Morgan fingerprint density at radius 1 is 1.17 bits per heavy atom. The van der Waals surface area contributed by atoms with Crippen LogP contribution in [-0.4, -0.2) is 20.7 Å². The van der Waals surface area contributed by atoms with Crippen LogP contribution in [0.15, 0.2) is 24.3 Å².